The molecule has 106 valence electrons. The van der Waals surface area contributed by atoms with Gasteiger partial charge in [-0.25, -0.2) is 0 Å². The van der Waals surface area contributed by atoms with Crippen LogP contribution in [-0.4, -0.2) is 44.2 Å². The Morgan fingerprint density at radius 1 is 1.47 bits per heavy atom. The fourth-order valence-electron chi connectivity index (χ4n) is 2.19. The van der Waals surface area contributed by atoms with Crippen molar-refractivity contribution < 1.29 is 9.53 Å². The van der Waals surface area contributed by atoms with Crippen LogP contribution >= 0.6 is 0 Å². The molecular formula is C15H24N2O2. The van der Waals surface area contributed by atoms with Crippen LogP contribution in [-0.2, 0) is 4.74 Å². The van der Waals surface area contributed by atoms with E-state index in [1.807, 2.05) is 50.9 Å². The molecule has 0 aliphatic rings. The first-order chi connectivity index (χ1) is 9.04. The zero-order valence-electron chi connectivity index (χ0n) is 12.5. The van der Waals surface area contributed by atoms with E-state index in [0.717, 1.165) is 11.3 Å². The minimum atomic E-state index is 0.0383. The zero-order chi connectivity index (χ0) is 14.4. The molecule has 1 amide bonds. The standard InChI is InChI=1S/C15H24N2O2/c1-6-17(12(3)10-19-5)15(18)13-8-7-11(2)9-14(13)16-4/h7-9,12,16H,6,10H2,1-5H3. The molecule has 0 fully saturated rings. The van der Waals surface area contributed by atoms with E-state index in [2.05, 4.69) is 5.32 Å². The molecule has 1 aromatic rings. The first-order valence-electron chi connectivity index (χ1n) is 6.63. The summed E-state index contributed by atoms with van der Waals surface area (Å²) in [6, 6.07) is 5.89. The van der Waals surface area contributed by atoms with Crippen LogP contribution < -0.4 is 5.32 Å². The molecule has 4 nitrogen and oxygen atoms in total. The number of benzene rings is 1. The summed E-state index contributed by atoms with van der Waals surface area (Å²) < 4.78 is 5.14. The number of carbonyl (C=O) groups is 1. The summed E-state index contributed by atoms with van der Waals surface area (Å²) in [7, 11) is 3.49. The van der Waals surface area contributed by atoms with Crippen molar-refractivity contribution in [3.05, 3.63) is 29.3 Å². The van der Waals surface area contributed by atoms with Gasteiger partial charge in [-0.3, -0.25) is 4.79 Å². The molecule has 0 spiro atoms. The number of anilines is 1. The highest BCUT2D eigenvalue weighted by Gasteiger charge is 2.21. The van der Waals surface area contributed by atoms with Crippen molar-refractivity contribution in [3.8, 4) is 0 Å². The predicted octanol–water partition coefficient (Wildman–Crippen LogP) is 2.53. The van der Waals surface area contributed by atoms with Gasteiger partial charge in [-0.05, 0) is 38.5 Å². The zero-order valence-corrected chi connectivity index (χ0v) is 12.5. The number of aryl methyl sites for hydroxylation is 1. The number of carbonyl (C=O) groups excluding carboxylic acids is 1. The van der Waals surface area contributed by atoms with Gasteiger partial charge in [0.1, 0.15) is 0 Å². The van der Waals surface area contributed by atoms with E-state index in [1.54, 1.807) is 7.11 Å². The maximum atomic E-state index is 12.6. The summed E-state index contributed by atoms with van der Waals surface area (Å²) in [6.07, 6.45) is 0. The van der Waals surface area contributed by atoms with E-state index in [0.29, 0.717) is 18.7 Å². The molecule has 0 heterocycles. The summed E-state index contributed by atoms with van der Waals surface area (Å²) in [6.45, 7) is 7.20. The van der Waals surface area contributed by atoms with E-state index < -0.39 is 0 Å². The Morgan fingerprint density at radius 2 is 2.16 bits per heavy atom. The van der Waals surface area contributed by atoms with Crippen molar-refractivity contribution in [3.63, 3.8) is 0 Å². The third-order valence-corrected chi connectivity index (χ3v) is 3.22. The molecule has 0 bridgehead atoms. The number of hydrogen-bond acceptors (Lipinski definition) is 3. The van der Waals surface area contributed by atoms with Gasteiger partial charge in [0.25, 0.3) is 5.91 Å². The number of ether oxygens (including phenoxy) is 1. The van der Waals surface area contributed by atoms with Crippen molar-refractivity contribution in [2.75, 3.05) is 32.6 Å². The highest BCUT2D eigenvalue weighted by atomic mass is 16.5. The molecule has 0 radical (unpaired) electrons. The van der Waals surface area contributed by atoms with Crippen LogP contribution in [0.1, 0.15) is 29.8 Å². The fraction of sp³-hybridized carbons (Fsp3) is 0.533. The van der Waals surface area contributed by atoms with Crippen molar-refractivity contribution >= 4 is 11.6 Å². The summed E-state index contributed by atoms with van der Waals surface area (Å²) in [5.41, 5.74) is 2.71. The number of likely N-dealkylation sites (N-methyl/N-ethyl adjacent to an activating group) is 1. The summed E-state index contributed by atoms with van der Waals surface area (Å²) in [5.74, 6) is 0.0383. The second-order valence-corrected chi connectivity index (χ2v) is 4.69. The topological polar surface area (TPSA) is 41.6 Å². The lowest BCUT2D eigenvalue weighted by Crippen LogP contribution is -2.41. The Labute approximate surface area is 115 Å². The molecule has 1 N–H and O–H groups in total. The number of amides is 1. The summed E-state index contributed by atoms with van der Waals surface area (Å²) >= 11 is 0. The van der Waals surface area contributed by atoms with E-state index in [1.165, 1.54) is 0 Å². The molecule has 1 atom stereocenters. The van der Waals surface area contributed by atoms with Gasteiger partial charge in [-0.15, -0.1) is 0 Å². The van der Waals surface area contributed by atoms with Gasteiger partial charge in [0, 0.05) is 26.4 Å². The Morgan fingerprint density at radius 3 is 2.68 bits per heavy atom. The third kappa shape index (κ3) is 3.70. The highest BCUT2D eigenvalue weighted by molar-refractivity contribution is 5.99. The van der Waals surface area contributed by atoms with Crippen LogP contribution in [0.5, 0.6) is 0 Å². The minimum Gasteiger partial charge on any atom is -0.387 e. The largest absolute Gasteiger partial charge is 0.387 e. The monoisotopic (exact) mass is 264 g/mol. The van der Waals surface area contributed by atoms with Gasteiger partial charge < -0.3 is 15.0 Å². The summed E-state index contributed by atoms with van der Waals surface area (Å²) in [4.78, 5) is 14.4. The summed E-state index contributed by atoms with van der Waals surface area (Å²) in [5, 5.41) is 3.09. The number of nitrogens with one attached hydrogen (secondary N) is 1. The molecule has 0 saturated carbocycles. The lowest BCUT2D eigenvalue weighted by molar-refractivity contribution is 0.0580. The maximum absolute atomic E-state index is 12.6. The first-order valence-corrected chi connectivity index (χ1v) is 6.63. The number of nitrogens with zero attached hydrogens (tertiary/aromatic N) is 1. The molecule has 0 saturated heterocycles. The molecule has 19 heavy (non-hydrogen) atoms. The Bertz CT molecular complexity index is 432. The average Bonchev–Trinajstić information content (AvgIpc) is 2.39. The van der Waals surface area contributed by atoms with Crippen LogP contribution in [0.2, 0.25) is 0 Å². The maximum Gasteiger partial charge on any atom is 0.256 e. The van der Waals surface area contributed by atoms with Gasteiger partial charge in [-0.2, -0.15) is 0 Å². The smallest absolute Gasteiger partial charge is 0.256 e. The van der Waals surface area contributed by atoms with Crippen molar-refractivity contribution in [1.82, 2.24) is 4.90 Å². The molecule has 0 aromatic heterocycles. The first kappa shape index (κ1) is 15.5. The van der Waals surface area contributed by atoms with Crippen LogP contribution in [0.4, 0.5) is 5.69 Å². The molecule has 0 aliphatic heterocycles. The minimum absolute atomic E-state index is 0.0383. The molecule has 1 aromatic carbocycles. The second-order valence-electron chi connectivity index (χ2n) is 4.69. The fourth-order valence-corrected chi connectivity index (χ4v) is 2.19. The SMILES string of the molecule is CCN(C(=O)c1ccc(C)cc1NC)C(C)COC. The number of rotatable bonds is 6. The number of hydrogen-bond donors (Lipinski definition) is 1. The van der Waals surface area contributed by atoms with Crippen LogP contribution in [0, 0.1) is 6.92 Å². The van der Waals surface area contributed by atoms with E-state index in [-0.39, 0.29) is 11.9 Å². The Hall–Kier alpha value is -1.55. The quantitative estimate of drug-likeness (QED) is 0.858. The normalized spacial score (nSPS) is 12.1. The predicted molar refractivity (Wildman–Crippen MR) is 78.8 cm³/mol. The van der Waals surface area contributed by atoms with E-state index in [4.69, 9.17) is 4.74 Å². The molecular weight excluding hydrogens is 240 g/mol. The van der Waals surface area contributed by atoms with Crippen LogP contribution in [0.15, 0.2) is 18.2 Å². The lowest BCUT2D eigenvalue weighted by Gasteiger charge is -2.28. The highest BCUT2D eigenvalue weighted by Crippen LogP contribution is 2.20. The lowest BCUT2D eigenvalue weighted by atomic mass is 10.1. The van der Waals surface area contributed by atoms with Crippen molar-refractivity contribution in [2.24, 2.45) is 0 Å². The van der Waals surface area contributed by atoms with Crippen molar-refractivity contribution in [1.29, 1.82) is 0 Å². The molecule has 0 aliphatic carbocycles. The van der Waals surface area contributed by atoms with E-state index in [9.17, 15) is 4.79 Å². The average molecular weight is 264 g/mol. The molecule has 4 heteroatoms. The van der Waals surface area contributed by atoms with Gasteiger partial charge >= 0.3 is 0 Å². The van der Waals surface area contributed by atoms with Crippen molar-refractivity contribution in [2.45, 2.75) is 26.8 Å². The Kier molecular flexibility index (Phi) is 5.83. The van der Waals surface area contributed by atoms with E-state index >= 15 is 0 Å². The number of methoxy groups -OCH3 is 1. The second kappa shape index (κ2) is 7.14. The molecule has 1 unspecified atom stereocenters. The van der Waals surface area contributed by atoms with Crippen LogP contribution in [0.3, 0.4) is 0 Å². The Balaban J connectivity index is 3.03. The molecule has 1 rings (SSSR count). The van der Waals surface area contributed by atoms with Gasteiger partial charge in [0.05, 0.1) is 18.2 Å². The third-order valence-electron chi connectivity index (χ3n) is 3.22. The van der Waals surface area contributed by atoms with Gasteiger partial charge in [0.15, 0.2) is 0 Å². The van der Waals surface area contributed by atoms with Gasteiger partial charge in [0.2, 0.25) is 0 Å². The van der Waals surface area contributed by atoms with Crippen LogP contribution in [0.25, 0.3) is 0 Å². The van der Waals surface area contributed by atoms with Gasteiger partial charge in [-0.1, -0.05) is 6.07 Å².